The van der Waals surface area contributed by atoms with Crippen molar-refractivity contribution in [2.45, 2.75) is 25.8 Å². The van der Waals surface area contributed by atoms with E-state index in [9.17, 15) is 9.18 Å². The van der Waals surface area contributed by atoms with Gasteiger partial charge in [0.1, 0.15) is 11.4 Å². The lowest BCUT2D eigenvalue weighted by Crippen LogP contribution is -2.44. The molecule has 1 atom stereocenters. The summed E-state index contributed by atoms with van der Waals surface area (Å²) in [5, 5.41) is 8.65. The Kier molecular flexibility index (Phi) is 4.93. The van der Waals surface area contributed by atoms with Gasteiger partial charge >= 0.3 is 5.97 Å². The molecule has 6 heteroatoms. The summed E-state index contributed by atoms with van der Waals surface area (Å²) in [6, 6.07) is 0. The second kappa shape index (κ2) is 5.45. The van der Waals surface area contributed by atoms with Crippen LogP contribution in [0.15, 0.2) is 16.9 Å². The van der Waals surface area contributed by atoms with E-state index in [2.05, 4.69) is 4.99 Å². The lowest BCUT2D eigenvalue weighted by Gasteiger charge is -2.16. The number of halogens is 1. The standard InChI is InChI=1S/C9H16FN3O2/c1-6(11)13-5-7(10)3-4-9(2,12)8(14)15/h3H,4-5,12H2,1-2H3,(H2,11,13)(H,14,15)/t9-/m0/s1. The van der Waals surface area contributed by atoms with Gasteiger partial charge in [-0.05, 0) is 26.3 Å². The van der Waals surface area contributed by atoms with Crippen LogP contribution in [0.1, 0.15) is 20.3 Å². The highest BCUT2D eigenvalue weighted by molar-refractivity contribution is 5.78. The molecule has 0 saturated heterocycles. The third-order valence-electron chi connectivity index (χ3n) is 1.72. The molecule has 0 aliphatic carbocycles. The van der Waals surface area contributed by atoms with Crippen molar-refractivity contribution >= 4 is 11.8 Å². The first-order valence-corrected chi connectivity index (χ1v) is 4.39. The number of hydrogen-bond acceptors (Lipinski definition) is 3. The summed E-state index contributed by atoms with van der Waals surface area (Å²) in [7, 11) is 0. The maximum atomic E-state index is 13.0. The summed E-state index contributed by atoms with van der Waals surface area (Å²) < 4.78 is 13.0. The lowest BCUT2D eigenvalue weighted by atomic mass is 9.99. The largest absolute Gasteiger partial charge is 0.480 e. The minimum absolute atomic E-state index is 0.0900. The smallest absolute Gasteiger partial charge is 0.323 e. The fourth-order valence-corrected chi connectivity index (χ4v) is 0.675. The van der Waals surface area contributed by atoms with E-state index in [0.717, 1.165) is 6.08 Å². The van der Waals surface area contributed by atoms with E-state index in [0.29, 0.717) is 0 Å². The Bertz CT molecular complexity index is 294. The molecule has 0 bridgehead atoms. The van der Waals surface area contributed by atoms with Gasteiger partial charge < -0.3 is 16.6 Å². The maximum absolute atomic E-state index is 13.0. The molecule has 0 aromatic rings. The minimum atomic E-state index is -1.46. The zero-order valence-electron chi connectivity index (χ0n) is 8.83. The topological polar surface area (TPSA) is 102 Å². The third-order valence-corrected chi connectivity index (χ3v) is 1.72. The molecule has 0 aromatic carbocycles. The fourth-order valence-electron chi connectivity index (χ4n) is 0.675. The second-order valence-corrected chi connectivity index (χ2v) is 3.54. The summed E-state index contributed by atoms with van der Waals surface area (Å²) in [5.41, 5.74) is 9.14. The third kappa shape index (κ3) is 5.79. The number of amidine groups is 1. The number of nitrogens with zero attached hydrogens (tertiary/aromatic N) is 1. The first kappa shape index (κ1) is 13.6. The molecule has 0 amide bonds. The van der Waals surface area contributed by atoms with Crippen molar-refractivity contribution in [3.63, 3.8) is 0 Å². The Labute approximate surface area is 87.7 Å². The van der Waals surface area contributed by atoms with Gasteiger partial charge in [0, 0.05) is 0 Å². The number of hydrogen-bond donors (Lipinski definition) is 3. The van der Waals surface area contributed by atoms with E-state index >= 15 is 0 Å². The molecule has 15 heavy (non-hydrogen) atoms. The molecule has 5 nitrogen and oxygen atoms in total. The van der Waals surface area contributed by atoms with Crippen molar-refractivity contribution in [1.82, 2.24) is 0 Å². The van der Waals surface area contributed by atoms with Crippen LogP contribution in [-0.4, -0.2) is 29.0 Å². The molecule has 0 aliphatic rings. The Balaban J connectivity index is 4.28. The van der Waals surface area contributed by atoms with E-state index in [1.165, 1.54) is 13.8 Å². The summed E-state index contributed by atoms with van der Waals surface area (Å²) in [6.07, 6.45) is 1.02. The number of carboxylic acids is 1. The van der Waals surface area contributed by atoms with Crippen LogP contribution in [0.4, 0.5) is 4.39 Å². The van der Waals surface area contributed by atoms with Gasteiger partial charge in [0.05, 0.1) is 12.4 Å². The highest BCUT2D eigenvalue weighted by Crippen LogP contribution is 2.09. The number of rotatable bonds is 5. The second-order valence-electron chi connectivity index (χ2n) is 3.54. The predicted molar refractivity (Wildman–Crippen MR) is 56.2 cm³/mol. The van der Waals surface area contributed by atoms with Crippen LogP contribution in [0.25, 0.3) is 0 Å². The van der Waals surface area contributed by atoms with Crippen LogP contribution >= 0.6 is 0 Å². The number of aliphatic imine (C=N–C) groups is 1. The summed E-state index contributed by atoms with van der Waals surface area (Å²) >= 11 is 0. The fraction of sp³-hybridized carbons (Fsp3) is 0.556. The number of aliphatic carboxylic acids is 1. The zero-order chi connectivity index (χ0) is 12.1. The Morgan fingerprint density at radius 3 is 2.60 bits per heavy atom. The average molecular weight is 217 g/mol. The SMILES string of the molecule is CC(N)=NCC(F)=CC[C@](C)(N)C(=O)O. The van der Waals surface area contributed by atoms with E-state index in [-0.39, 0.29) is 18.8 Å². The van der Waals surface area contributed by atoms with E-state index in [1.807, 2.05) is 0 Å². The monoisotopic (exact) mass is 217 g/mol. The Morgan fingerprint density at radius 2 is 2.20 bits per heavy atom. The van der Waals surface area contributed by atoms with Crippen LogP contribution in [0.3, 0.4) is 0 Å². The number of carbonyl (C=O) groups is 1. The predicted octanol–water partition coefficient (Wildman–Crippen LogP) is 0.409. The van der Waals surface area contributed by atoms with Gasteiger partial charge in [-0.3, -0.25) is 9.79 Å². The first-order chi connectivity index (χ1) is 6.75. The van der Waals surface area contributed by atoms with E-state index in [4.69, 9.17) is 16.6 Å². The lowest BCUT2D eigenvalue weighted by molar-refractivity contribution is -0.142. The van der Waals surface area contributed by atoms with Crippen molar-refractivity contribution in [2.75, 3.05) is 6.54 Å². The van der Waals surface area contributed by atoms with Gasteiger partial charge in [-0.25, -0.2) is 4.39 Å². The molecule has 0 spiro atoms. The number of nitrogens with two attached hydrogens (primary N) is 2. The van der Waals surface area contributed by atoms with Crippen molar-refractivity contribution < 1.29 is 14.3 Å². The molecular weight excluding hydrogens is 201 g/mol. The molecule has 0 aliphatic heterocycles. The van der Waals surface area contributed by atoms with Gasteiger partial charge in [-0.1, -0.05) is 0 Å². The molecule has 0 heterocycles. The minimum Gasteiger partial charge on any atom is -0.480 e. The van der Waals surface area contributed by atoms with Crippen molar-refractivity contribution in [2.24, 2.45) is 16.5 Å². The van der Waals surface area contributed by atoms with Crippen LogP contribution in [0.2, 0.25) is 0 Å². The molecular formula is C9H16FN3O2. The summed E-state index contributed by atoms with van der Waals surface area (Å²) in [6.45, 7) is 2.67. The zero-order valence-corrected chi connectivity index (χ0v) is 8.83. The highest BCUT2D eigenvalue weighted by atomic mass is 19.1. The molecule has 0 radical (unpaired) electrons. The van der Waals surface area contributed by atoms with Crippen molar-refractivity contribution in [3.8, 4) is 0 Å². The normalized spacial score (nSPS) is 17.3. The first-order valence-electron chi connectivity index (χ1n) is 4.39. The van der Waals surface area contributed by atoms with Gasteiger partial charge in [-0.15, -0.1) is 0 Å². The van der Waals surface area contributed by atoms with Crippen LogP contribution in [0.5, 0.6) is 0 Å². The molecule has 0 saturated carbocycles. The van der Waals surface area contributed by atoms with E-state index < -0.39 is 17.3 Å². The number of carboxylic acid groups (broad SMARTS) is 1. The average Bonchev–Trinajstić information content (AvgIpc) is 2.11. The summed E-state index contributed by atoms with van der Waals surface area (Å²) in [5.74, 6) is -1.45. The van der Waals surface area contributed by atoms with Crippen LogP contribution in [0, 0.1) is 0 Å². The molecule has 0 rings (SSSR count). The van der Waals surface area contributed by atoms with Gasteiger partial charge in [0.25, 0.3) is 0 Å². The molecule has 0 unspecified atom stereocenters. The summed E-state index contributed by atoms with van der Waals surface area (Å²) in [4.78, 5) is 14.2. The van der Waals surface area contributed by atoms with Gasteiger partial charge in [-0.2, -0.15) is 0 Å². The molecule has 0 fully saturated rings. The molecule has 5 N–H and O–H groups in total. The highest BCUT2D eigenvalue weighted by Gasteiger charge is 2.26. The Hall–Kier alpha value is -1.43. The van der Waals surface area contributed by atoms with Crippen molar-refractivity contribution in [3.05, 3.63) is 11.9 Å². The van der Waals surface area contributed by atoms with Gasteiger partial charge in [0.2, 0.25) is 0 Å². The maximum Gasteiger partial charge on any atom is 0.323 e. The van der Waals surface area contributed by atoms with Crippen molar-refractivity contribution in [1.29, 1.82) is 0 Å². The molecule has 86 valence electrons. The van der Waals surface area contributed by atoms with Gasteiger partial charge in [0.15, 0.2) is 0 Å². The van der Waals surface area contributed by atoms with Crippen LogP contribution < -0.4 is 11.5 Å². The molecule has 0 aromatic heterocycles. The van der Waals surface area contributed by atoms with E-state index in [1.54, 1.807) is 0 Å². The Morgan fingerprint density at radius 1 is 1.67 bits per heavy atom. The van der Waals surface area contributed by atoms with Crippen LogP contribution in [-0.2, 0) is 4.79 Å². The quantitative estimate of drug-likeness (QED) is 0.458.